The van der Waals surface area contributed by atoms with Crippen molar-refractivity contribution in [2.75, 3.05) is 0 Å². The molecule has 4 nitrogen and oxygen atoms in total. The molecule has 24 heavy (non-hydrogen) atoms. The summed E-state index contributed by atoms with van der Waals surface area (Å²) in [7, 11) is -3.79. The lowest BCUT2D eigenvalue weighted by molar-refractivity contribution is -0.0712. The van der Waals surface area contributed by atoms with Crippen LogP contribution in [0.25, 0.3) is 0 Å². The predicted octanol–water partition coefficient (Wildman–Crippen LogP) is 4.81. The number of nitrogens with zero attached hydrogens (tertiary/aromatic N) is 2. The predicted molar refractivity (Wildman–Crippen MR) is 100 cm³/mol. The van der Waals surface area contributed by atoms with Crippen LogP contribution in [0.2, 0.25) is 39.3 Å². The van der Waals surface area contributed by atoms with Gasteiger partial charge in [-0.3, -0.25) is 0 Å². The van der Waals surface area contributed by atoms with Crippen LogP contribution in [-0.4, -0.2) is 27.8 Å². The molecule has 2 aliphatic carbocycles. The molecule has 4 atom stereocenters. The summed E-state index contributed by atoms with van der Waals surface area (Å²) in [6, 6.07) is 5.11. The Labute approximate surface area is 149 Å². The number of fused-ring (bicyclic) bond motifs is 1. The summed E-state index contributed by atoms with van der Waals surface area (Å²) in [5.41, 5.74) is -2.31. The second-order valence-corrected chi connectivity index (χ2v) is 18.8. The van der Waals surface area contributed by atoms with E-state index in [4.69, 9.17) is 8.85 Å². The van der Waals surface area contributed by atoms with E-state index in [9.17, 15) is 10.5 Å². The van der Waals surface area contributed by atoms with E-state index < -0.39 is 27.8 Å². The first-order chi connectivity index (χ1) is 10.7. The Hall–Kier alpha value is -0.666. The Morgan fingerprint density at radius 1 is 0.667 bits per heavy atom. The molecule has 0 N–H and O–H groups in total. The molecule has 134 valence electrons. The minimum atomic E-state index is -1.90. The normalized spacial score (nSPS) is 42.4. The molecule has 0 aromatic heterocycles. The molecule has 0 aliphatic heterocycles. The van der Waals surface area contributed by atoms with Crippen LogP contribution in [0.1, 0.15) is 39.5 Å². The fourth-order valence-electron chi connectivity index (χ4n) is 5.03. The van der Waals surface area contributed by atoms with E-state index in [2.05, 4.69) is 65.3 Å². The summed E-state index contributed by atoms with van der Waals surface area (Å²) in [5.74, 6) is 0. The monoisotopic (exact) mass is 364 g/mol. The highest BCUT2D eigenvalue weighted by Crippen LogP contribution is 2.72. The van der Waals surface area contributed by atoms with Crippen LogP contribution in [0.15, 0.2) is 0 Å². The number of rotatable bonds is 4. The number of hydrogen-bond donors (Lipinski definition) is 0. The summed E-state index contributed by atoms with van der Waals surface area (Å²) >= 11 is 0. The number of hydrogen-bond acceptors (Lipinski definition) is 4. The fourth-order valence-corrected chi connectivity index (χ4v) is 7.86. The highest BCUT2D eigenvalue weighted by Gasteiger charge is 2.76. The Kier molecular flexibility index (Phi) is 4.43. The molecule has 2 aliphatic rings. The molecule has 0 radical (unpaired) electrons. The van der Waals surface area contributed by atoms with Crippen LogP contribution >= 0.6 is 0 Å². The summed E-state index contributed by atoms with van der Waals surface area (Å²) in [5, 5.41) is 20.2. The Bertz CT molecular complexity index is 558. The van der Waals surface area contributed by atoms with Crippen LogP contribution in [0.4, 0.5) is 0 Å². The van der Waals surface area contributed by atoms with Crippen molar-refractivity contribution < 1.29 is 8.85 Å². The quantitative estimate of drug-likeness (QED) is 0.671. The SMILES string of the molecule is CC12CCC(C#N)(O[Si](C)(C)C)C1(C)CCC2(C#N)O[Si](C)(C)C. The third kappa shape index (κ3) is 2.59. The minimum Gasteiger partial charge on any atom is -0.399 e. The number of nitriles is 2. The maximum atomic E-state index is 10.1. The van der Waals surface area contributed by atoms with Crippen molar-refractivity contribution in [3.63, 3.8) is 0 Å². The second kappa shape index (κ2) is 5.41. The third-order valence-electron chi connectivity index (χ3n) is 6.28. The van der Waals surface area contributed by atoms with Crippen LogP contribution in [0.3, 0.4) is 0 Å². The highest BCUT2D eigenvalue weighted by atomic mass is 28.4. The van der Waals surface area contributed by atoms with Gasteiger partial charge in [-0.1, -0.05) is 13.8 Å². The van der Waals surface area contributed by atoms with Crippen LogP contribution < -0.4 is 0 Å². The molecule has 2 rings (SSSR count). The summed E-state index contributed by atoms with van der Waals surface area (Å²) in [4.78, 5) is 0. The van der Waals surface area contributed by atoms with Gasteiger partial charge < -0.3 is 8.85 Å². The van der Waals surface area contributed by atoms with Gasteiger partial charge in [-0.15, -0.1) is 0 Å². The molecule has 0 bridgehead atoms. The highest BCUT2D eigenvalue weighted by molar-refractivity contribution is 6.70. The molecule has 4 unspecified atom stereocenters. The van der Waals surface area contributed by atoms with Crippen molar-refractivity contribution >= 4 is 16.6 Å². The van der Waals surface area contributed by atoms with Gasteiger partial charge in [0.2, 0.25) is 0 Å². The average Bonchev–Trinajstić information content (AvgIpc) is 2.77. The van der Waals surface area contributed by atoms with Gasteiger partial charge in [0.1, 0.15) is 11.2 Å². The lowest BCUT2D eigenvalue weighted by Gasteiger charge is -2.49. The molecular weight excluding hydrogens is 332 g/mol. The van der Waals surface area contributed by atoms with Crippen LogP contribution in [0, 0.1) is 33.5 Å². The first kappa shape index (κ1) is 19.7. The van der Waals surface area contributed by atoms with Crippen molar-refractivity contribution in [3.8, 4) is 12.1 Å². The van der Waals surface area contributed by atoms with Gasteiger partial charge in [-0.2, -0.15) is 10.5 Å². The van der Waals surface area contributed by atoms with Crippen LogP contribution in [-0.2, 0) is 8.85 Å². The Morgan fingerprint density at radius 2 is 0.958 bits per heavy atom. The fraction of sp³-hybridized carbons (Fsp3) is 0.889. The summed E-state index contributed by atoms with van der Waals surface area (Å²) < 4.78 is 13.0. The van der Waals surface area contributed by atoms with Crippen molar-refractivity contribution in [3.05, 3.63) is 0 Å². The smallest absolute Gasteiger partial charge is 0.185 e. The second-order valence-electron chi connectivity index (χ2n) is 9.97. The van der Waals surface area contributed by atoms with Gasteiger partial charge in [0, 0.05) is 10.8 Å². The van der Waals surface area contributed by atoms with Crippen LogP contribution in [0.5, 0.6) is 0 Å². The third-order valence-corrected chi connectivity index (χ3v) is 8.20. The molecule has 0 saturated heterocycles. The minimum absolute atomic E-state index is 0.357. The summed E-state index contributed by atoms with van der Waals surface area (Å²) in [6.45, 7) is 17.1. The lowest BCUT2D eigenvalue weighted by Crippen LogP contribution is -2.57. The zero-order chi connectivity index (χ0) is 18.7. The topological polar surface area (TPSA) is 66.0 Å². The maximum Gasteiger partial charge on any atom is 0.185 e. The first-order valence-corrected chi connectivity index (χ1v) is 15.7. The molecule has 2 saturated carbocycles. The van der Waals surface area contributed by atoms with Gasteiger partial charge in [0.25, 0.3) is 0 Å². The zero-order valence-electron chi connectivity index (χ0n) is 16.5. The molecule has 0 amide bonds. The molecule has 0 spiro atoms. The van der Waals surface area contributed by atoms with E-state index in [1.165, 1.54) is 0 Å². The largest absolute Gasteiger partial charge is 0.399 e. The Balaban J connectivity index is 2.55. The van der Waals surface area contributed by atoms with Gasteiger partial charge in [0.05, 0.1) is 12.1 Å². The van der Waals surface area contributed by atoms with E-state index in [1.807, 2.05) is 0 Å². The molecule has 2 fully saturated rings. The standard InChI is InChI=1S/C18H32N2O2Si2/c1-15-9-11-18(14-20,22-24(6,7)8)16(15,2)10-12-17(15,13-19)21-23(3,4)5/h9-12H2,1-8H3. The van der Waals surface area contributed by atoms with Gasteiger partial charge in [-0.25, -0.2) is 0 Å². The van der Waals surface area contributed by atoms with E-state index in [1.54, 1.807) is 0 Å². The van der Waals surface area contributed by atoms with E-state index in [0.29, 0.717) is 12.8 Å². The molecule has 6 heteroatoms. The van der Waals surface area contributed by atoms with E-state index >= 15 is 0 Å². The average molecular weight is 365 g/mol. The van der Waals surface area contributed by atoms with Crippen molar-refractivity contribution in [2.24, 2.45) is 10.8 Å². The van der Waals surface area contributed by atoms with Crippen molar-refractivity contribution in [2.45, 2.75) is 90.0 Å². The first-order valence-electron chi connectivity index (χ1n) is 8.93. The maximum absolute atomic E-state index is 10.1. The summed E-state index contributed by atoms with van der Waals surface area (Å²) in [6.07, 6.45) is 3.00. The molecule has 0 aromatic carbocycles. The molecule has 0 aromatic rings. The van der Waals surface area contributed by atoms with Gasteiger partial charge in [-0.05, 0) is 65.0 Å². The Morgan fingerprint density at radius 3 is 1.17 bits per heavy atom. The van der Waals surface area contributed by atoms with E-state index in [-0.39, 0.29) is 10.8 Å². The molecular formula is C18H32N2O2Si2. The zero-order valence-corrected chi connectivity index (χ0v) is 18.5. The van der Waals surface area contributed by atoms with Crippen molar-refractivity contribution in [1.82, 2.24) is 0 Å². The van der Waals surface area contributed by atoms with Gasteiger partial charge in [0.15, 0.2) is 16.6 Å². The van der Waals surface area contributed by atoms with Crippen molar-refractivity contribution in [1.29, 1.82) is 10.5 Å². The van der Waals surface area contributed by atoms with Gasteiger partial charge >= 0.3 is 0 Å². The van der Waals surface area contributed by atoms with E-state index in [0.717, 1.165) is 12.8 Å². The molecule has 0 heterocycles. The lowest BCUT2D eigenvalue weighted by atomic mass is 9.61.